The SMILES string of the molecule is O=c1ccc([N+](=O)[O-])cn1CC(O)COC1CCCc2ccccc21. The molecule has 0 radical (unpaired) electrons. The van der Waals surface area contributed by atoms with Crippen LogP contribution in [0.25, 0.3) is 0 Å². The molecule has 0 aliphatic heterocycles. The normalized spacial score (nSPS) is 17.7. The van der Waals surface area contributed by atoms with E-state index in [4.69, 9.17) is 4.74 Å². The third kappa shape index (κ3) is 4.12. The molecule has 0 saturated carbocycles. The van der Waals surface area contributed by atoms with Gasteiger partial charge in [-0.2, -0.15) is 0 Å². The molecule has 0 amide bonds. The van der Waals surface area contributed by atoms with Crippen molar-refractivity contribution in [2.45, 2.75) is 38.0 Å². The zero-order valence-electron chi connectivity index (χ0n) is 13.7. The summed E-state index contributed by atoms with van der Waals surface area (Å²) in [6, 6.07) is 10.4. The molecule has 1 aromatic carbocycles. The summed E-state index contributed by atoms with van der Waals surface area (Å²) in [6.45, 7) is 0.0169. The fourth-order valence-corrected chi connectivity index (χ4v) is 3.16. The van der Waals surface area contributed by atoms with Gasteiger partial charge in [-0.05, 0) is 30.4 Å². The number of ether oxygens (including phenoxy) is 1. The second kappa shape index (κ2) is 7.58. The Morgan fingerprint density at radius 1 is 1.32 bits per heavy atom. The Morgan fingerprint density at radius 3 is 2.92 bits per heavy atom. The van der Waals surface area contributed by atoms with E-state index in [0.29, 0.717) is 0 Å². The van der Waals surface area contributed by atoms with Gasteiger partial charge >= 0.3 is 0 Å². The van der Waals surface area contributed by atoms with E-state index >= 15 is 0 Å². The van der Waals surface area contributed by atoms with Crippen LogP contribution in [0.3, 0.4) is 0 Å². The van der Waals surface area contributed by atoms with Crippen molar-refractivity contribution in [2.24, 2.45) is 0 Å². The van der Waals surface area contributed by atoms with E-state index in [0.717, 1.165) is 47.7 Å². The van der Waals surface area contributed by atoms with Gasteiger partial charge in [0.1, 0.15) is 0 Å². The van der Waals surface area contributed by atoms with Gasteiger partial charge in [0.2, 0.25) is 0 Å². The number of aromatic nitrogens is 1. The maximum absolute atomic E-state index is 11.8. The molecule has 0 bridgehead atoms. The van der Waals surface area contributed by atoms with Crippen molar-refractivity contribution in [3.63, 3.8) is 0 Å². The second-order valence-corrected chi connectivity index (χ2v) is 6.20. The molecule has 0 spiro atoms. The molecule has 1 aliphatic rings. The van der Waals surface area contributed by atoms with Gasteiger partial charge in [0.15, 0.2) is 0 Å². The van der Waals surface area contributed by atoms with E-state index in [2.05, 4.69) is 6.07 Å². The summed E-state index contributed by atoms with van der Waals surface area (Å²) in [4.78, 5) is 22.0. The number of hydrogen-bond acceptors (Lipinski definition) is 5. The van der Waals surface area contributed by atoms with Crippen LogP contribution in [0.4, 0.5) is 5.69 Å². The van der Waals surface area contributed by atoms with E-state index in [1.54, 1.807) is 0 Å². The van der Waals surface area contributed by atoms with Gasteiger partial charge in [-0.3, -0.25) is 14.9 Å². The van der Waals surface area contributed by atoms with Crippen LogP contribution in [0.15, 0.2) is 47.4 Å². The van der Waals surface area contributed by atoms with E-state index in [-0.39, 0.29) is 24.9 Å². The highest BCUT2D eigenvalue weighted by molar-refractivity contribution is 5.31. The summed E-state index contributed by atoms with van der Waals surface area (Å²) in [7, 11) is 0. The largest absolute Gasteiger partial charge is 0.389 e. The molecule has 2 aromatic rings. The van der Waals surface area contributed by atoms with E-state index in [1.807, 2.05) is 18.2 Å². The Hall–Kier alpha value is -2.51. The van der Waals surface area contributed by atoms with Crippen molar-refractivity contribution in [3.8, 4) is 0 Å². The lowest BCUT2D eigenvalue weighted by Gasteiger charge is -2.26. The van der Waals surface area contributed by atoms with Crippen LogP contribution in [0.2, 0.25) is 0 Å². The first-order valence-electron chi connectivity index (χ1n) is 8.27. The molecule has 2 atom stereocenters. The highest BCUT2D eigenvalue weighted by atomic mass is 16.6. The highest BCUT2D eigenvalue weighted by Crippen LogP contribution is 2.32. The lowest BCUT2D eigenvalue weighted by atomic mass is 9.89. The van der Waals surface area contributed by atoms with Crippen molar-refractivity contribution in [1.29, 1.82) is 0 Å². The van der Waals surface area contributed by atoms with E-state index in [1.165, 1.54) is 5.56 Å². The molecular weight excluding hydrogens is 324 g/mol. The van der Waals surface area contributed by atoms with Crippen molar-refractivity contribution in [3.05, 3.63) is 74.2 Å². The van der Waals surface area contributed by atoms with Crippen LogP contribution in [0.5, 0.6) is 0 Å². The number of aliphatic hydroxyl groups excluding tert-OH is 1. The van der Waals surface area contributed by atoms with Crippen LogP contribution in [0, 0.1) is 10.1 Å². The van der Waals surface area contributed by atoms with Gasteiger partial charge < -0.3 is 14.4 Å². The van der Waals surface area contributed by atoms with Gasteiger partial charge in [0, 0.05) is 12.1 Å². The van der Waals surface area contributed by atoms with Gasteiger partial charge in [-0.15, -0.1) is 0 Å². The van der Waals surface area contributed by atoms with Crippen LogP contribution in [0.1, 0.15) is 30.1 Å². The van der Waals surface area contributed by atoms with Crippen LogP contribution < -0.4 is 5.56 Å². The first kappa shape index (κ1) is 17.3. The summed E-state index contributed by atoms with van der Waals surface area (Å²) in [5.74, 6) is 0. The Kier molecular flexibility index (Phi) is 5.25. The minimum atomic E-state index is -0.922. The molecule has 7 nitrogen and oxygen atoms in total. The number of hydrogen-bond donors (Lipinski definition) is 1. The van der Waals surface area contributed by atoms with Crippen LogP contribution in [-0.2, 0) is 17.7 Å². The minimum absolute atomic E-state index is 0.0467. The fourth-order valence-electron chi connectivity index (χ4n) is 3.16. The minimum Gasteiger partial charge on any atom is -0.389 e. The number of benzene rings is 1. The number of nitrogens with zero attached hydrogens (tertiary/aromatic N) is 2. The number of rotatable bonds is 6. The smallest absolute Gasteiger partial charge is 0.285 e. The molecule has 1 heterocycles. The third-order valence-electron chi connectivity index (χ3n) is 4.39. The molecule has 25 heavy (non-hydrogen) atoms. The average Bonchev–Trinajstić information content (AvgIpc) is 2.61. The third-order valence-corrected chi connectivity index (χ3v) is 4.39. The number of aryl methyl sites for hydroxylation is 1. The number of pyridine rings is 1. The van der Waals surface area contributed by atoms with Gasteiger partial charge in [0.05, 0.1) is 36.5 Å². The molecular formula is C18H20N2O5. The van der Waals surface area contributed by atoms with Crippen molar-refractivity contribution >= 4 is 5.69 Å². The van der Waals surface area contributed by atoms with E-state index in [9.17, 15) is 20.0 Å². The van der Waals surface area contributed by atoms with Crippen molar-refractivity contribution < 1.29 is 14.8 Å². The first-order valence-corrected chi connectivity index (χ1v) is 8.27. The second-order valence-electron chi connectivity index (χ2n) is 6.20. The lowest BCUT2D eigenvalue weighted by Crippen LogP contribution is -2.29. The summed E-state index contributed by atoms with van der Waals surface area (Å²) in [5.41, 5.74) is 1.83. The molecule has 2 unspecified atom stereocenters. The van der Waals surface area contributed by atoms with Crippen molar-refractivity contribution in [2.75, 3.05) is 6.61 Å². The van der Waals surface area contributed by atoms with Crippen LogP contribution >= 0.6 is 0 Å². The molecule has 1 N–H and O–H groups in total. The average molecular weight is 344 g/mol. The Labute approximate surface area is 144 Å². The molecule has 1 aliphatic carbocycles. The zero-order valence-corrected chi connectivity index (χ0v) is 13.7. The molecule has 3 rings (SSSR count). The topological polar surface area (TPSA) is 94.6 Å². The summed E-state index contributed by atoms with van der Waals surface area (Å²) >= 11 is 0. The molecule has 0 saturated heterocycles. The summed E-state index contributed by atoms with van der Waals surface area (Å²) in [5, 5.41) is 21.0. The van der Waals surface area contributed by atoms with Crippen molar-refractivity contribution in [1.82, 2.24) is 4.57 Å². The molecule has 0 fully saturated rings. The molecule has 1 aromatic heterocycles. The highest BCUT2D eigenvalue weighted by Gasteiger charge is 2.21. The Morgan fingerprint density at radius 2 is 2.12 bits per heavy atom. The maximum Gasteiger partial charge on any atom is 0.285 e. The van der Waals surface area contributed by atoms with Gasteiger partial charge in [0.25, 0.3) is 11.2 Å². The maximum atomic E-state index is 11.8. The zero-order chi connectivity index (χ0) is 17.8. The predicted molar refractivity (Wildman–Crippen MR) is 91.4 cm³/mol. The lowest BCUT2D eigenvalue weighted by molar-refractivity contribution is -0.385. The van der Waals surface area contributed by atoms with Gasteiger partial charge in [-0.1, -0.05) is 24.3 Å². The molecule has 132 valence electrons. The predicted octanol–water partition coefficient (Wildman–Crippen LogP) is 2.21. The quantitative estimate of drug-likeness (QED) is 0.640. The summed E-state index contributed by atoms with van der Waals surface area (Å²) in [6.07, 6.45) is 3.10. The number of fused-ring (bicyclic) bond motifs is 1. The van der Waals surface area contributed by atoms with E-state index < -0.39 is 16.6 Å². The standard InChI is InChI=1S/C18H20N2O5/c21-15(11-19-10-14(20(23)24)8-9-18(19)22)12-25-17-7-3-5-13-4-1-2-6-16(13)17/h1-2,4,6,8-10,15,17,21H,3,5,7,11-12H2. The summed E-state index contributed by atoms with van der Waals surface area (Å²) < 4.78 is 7.00. The number of nitro groups is 1. The Balaban J connectivity index is 1.63. The monoisotopic (exact) mass is 344 g/mol. The Bertz CT molecular complexity index is 817. The fraction of sp³-hybridized carbons (Fsp3) is 0.389. The number of aliphatic hydroxyl groups is 1. The van der Waals surface area contributed by atoms with Gasteiger partial charge in [-0.25, -0.2) is 0 Å². The first-order chi connectivity index (χ1) is 12.0. The van der Waals surface area contributed by atoms with Crippen LogP contribution in [-0.4, -0.2) is 27.3 Å². The molecule has 7 heteroatoms.